The van der Waals surface area contributed by atoms with Gasteiger partial charge in [-0.05, 0) is 13.3 Å². The third-order valence-corrected chi connectivity index (χ3v) is 5.30. The molecule has 0 unspecified atom stereocenters. The molecule has 0 radical (unpaired) electrons. The summed E-state index contributed by atoms with van der Waals surface area (Å²) in [5.41, 5.74) is 2.32. The number of aryl methyl sites for hydroxylation is 2. The van der Waals surface area contributed by atoms with E-state index in [9.17, 15) is 8.42 Å². The van der Waals surface area contributed by atoms with Gasteiger partial charge >= 0.3 is 0 Å². The van der Waals surface area contributed by atoms with E-state index in [1.807, 2.05) is 24.9 Å². The van der Waals surface area contributed by atoms with E-state index in [2.05, 4.69) is 16.9 Å². The van der Waals surface area contributed by atoms with Crippen LogP contribution in [-0.2, 0) is 29.9 Å². The normalized spacial score (nSPS) is 24.3. The third kappa shape index (κ3) is 2.92. The lowest BCUT2D eigenvalue weighted by Crippen LogP contribution is -2.46. The number of rotatable bonds is 3. The molecule has 102 valence electrons. The second kappa shape index (κ2) is 5.01. The van der Waals surface area contributed by atoms with E-state index in [0.717, 1.165) is 18.7 Å². The summed E-state index contributed by atoms with van der Waals surface area (Å²) >= 11 is 0. The van der Waals surface area contributed by atoms with Gasteiger partial charge in [-0.2, -0.15) is 5.10 Å². The van der Waals surface area contributed by atoms with Gasteiger partial charge in [-0.15, -0.1) is 0 Å². The molecule has 0 amide bonds. The zero-order chi connectivity index (χ0) is 13.3. The number of hydrogen-bond donors (Lipinski definition) is 0. The Morgan fingerprint density at radius 1 is 1.50 bits per heavy atom. The highest BCUT2D eigenvalue weighted by atomic mass is 32.2. The van der Waals surface area contributed by atoms with Gasteiger partial charge in [0.05, 0.1) is 17.2 Å². The van der Waals surface area contributed by atoms with Crippen LogP contribution >= 0.6 is 0 Å². The molecule has 2 rings (SSSR count). The Bertz CT molecular complexity index is 521. The van der Waals surface area contributed by atoms with Crippen molar-refractivity contribution in [1.82, 2.24) is 14.7 Å². The van der Waals surface area contributed by atoms with Crippen LogP contribution in [0.3, 0.4) is 0 Å². The summed E-state index contributed by atoms with van der Waals surface area (Å²) in [5, 5.41) is 4.42. The molecular weight excluding hydrogens is 250 g/mol. The van der Waals surface area contributed by atoms with Crippen molar-refractivity contribution < 1.29 is 8.42 Å². The van der Waals surface area contributed by atoms with E-state index in [0.29, 0.717) is 6.54 Å². The molecule has 6 heteroatoms. The second-order valence-corrected chi connectivity index (χ2v) is 7.29. The first kappa shape index (κ1) is 13.5. The fraction of sp³-hybridized carbons (Fsp3) is 0.750. The van der Waals surface area contributed by atoms with Gasteiger partial charge in [-0.25, -0.2) is 8.42 Å². The molecule has 1 atom stereocenters. The Morgan fingerprint density at radius 2 is 2.22 bits per heavy atom. The fourth-order valence-electron chi connectivity index (χ4n) is 2.50. The molecule has 1 aromatic rings. The van der Waals surface area contributed by atoms with E-state index >= 15 is 0 Å². The van der Waals surface area contributed by atoms with Crippen LogP contribution in [0.4, 0.5) is 0 Å². The lowest BCUT2D eigenvalue weighted by atomic mass is 10.2. The van der Waals surface area contributed by atoms with Gasteiger partial charge in [0.1, 0.15) is 0 Å². The number of sulfone groups is 1. The van der Waals surface area contributed by atoms with Crippen molar-refractivity contribution in [3.05, 3.63) is 17.5 Å². The number of nitrogens with zero attached hydrogens (tertiary/aromatic N) is 3. The van der Waals surface area contributed by atoms with E-state index in [1.54, 1.807) is 0 Å². The average Bonchev–Trinajstić information content (AvgIpc) is 2.62. The van der Waals surface area contributed by atoms with Crippen LogP contribution in [0.25, 0.3) is 0 Å². The van der Waals surface area contributed by atoms with Crippen LogP contribution in [0.15, 0.2) is 6.20 Å². The lowest BCUT2D eigenvalue weighted by molar-refractivity contribution is 0.217. The highest BCUT2D eigenvalue weighted by Crippen LogP contribution is 2.17. The minimum atomic E-state index is -2.83. The summed E-state index contributed by atoms with van der Waals surface area (Å²) in [6.45, 7) is 5.50. The SMILES string of the molecule is CCc1nn(C)cc1CN1CCS(=O)(=O)C[C@@H]1C. The lowest BCUT2D eigenvalue weighted by Gasteiger charge is -2.32. The summed E-state index contributed by atoms with van der Waals surface area (Å²) in [6.07, 6.45) is 2.95. The van der Waals surface area contributed by atoms with Gasteiger partial charge in [0.25, 0.3) is 0 Å². The van der Waals surface area contributed by atoms with Crippen molar-refractivity contribution in [1.29, 1.82) is 0 Å². The Balaban J connectivity index is 2.10. The van der Waals surface area contributed by atoms with Gasteiger partial charge in [-0.3, -0.25) is 9.58 Å². The average molecular weight is 271 g/mol. The van der Waals surface area contributed by atoms with Crippen molar-refractivity contribution in [3.63, 3.8) is 0 Å². The molecule has 0 saturated carbocycles. The van der Waals surface area contributed by atoms with Gasteiger partial charge in [0.2, 0.25) is 0 Å². The van der Waals surface area contributed by atoms with Crippen molar-refractivity contribution in [3.8, 4) is 0 Å². The Hall–Kier alpha value is -0.880. The predicted octanol–water partition coefficient (Wildman–Crippen LogP) is 0.601. The highest BCUT2D eigenvalue weighted by Gasteiger charge is 2.28. The Kier molecular flexibility index (Phi) is 3.77. The van der Waals surface area contributed by atoms with Crippen molar-refractivity contribution in [2.45, 2.75) is 32.9 Å². The van der Waals surface area contributed by atoms with E-state index in [4.69, 9.17) is 0 Å². The van der Waals surface area contributed by atoms with Gasteiger partial charge in [0, 0.05) is 37.9 Å². The topological polar surface area (TPSA) is 55.2 Å². The second-order valence-electron chi connectivity index (χ2n) is 5.06. The standard InChI is InChI=1S/C12H21N3O2S/c1-4-12-11(7-14(3)13-12)8-15-5-6-18(16,17)9-10(15)2/h7,10H,4-6,8-9H2,1-3H3/t10-/m0/s1. The molecule has 0 aromatic carbocycles. The molecule has 1 saturated heterocycles. The fourth-order valence-corrected chi connectivity index (χ4v) is 4.13. The first-order chi connectivity index (χ1) is 8.41. The third-order valence-electron chi connectivity index (χ3n) is 3.51. The minimum absolute atomic E-state index is 0.0914. The molecule has 5 nitrogen and oxygen atoms in total. The van der Waals surface area contributed by atoms with E-state index in [1.165, 1.54) is 5.56 Å². The van der Waals surface area contributed by atoms with Crippen molar-refractivity contribution >= 4 is 9.84 Å². The van der Waals surface area contributed by atoms with E-state index < -0.39 is 9.84 Å². The first-order valence-corrected chi connectivity index (χ1v) is 8.19. The molecule has 0 N–H and O–H groups in total. The Morgan fingerprint density at radius 3 is 2.83 bits per heavy atom. The molecular formula is C12H21N3O2S. The smallest absolute Gasteiger partial charge is 0.153 e. The number of aromatic nitrogens is 2. The number of hydrogen-bond acceptors (Lipinski definition) is 4. The van der Waals surface area contributed by atoms with Gasteiger partial charge in [-0.1, -0.05) is 6.92 Å². The van der Waals surface area contributed by atoms with Crippen LogP contribution in [0.5, 0.6) is 0 Å². The summed E-state index contributed by atoms with van der Waals surface area (Å²) in [4.78, 5) is 2.23. The maximum Gasteiger partial charge on any atom is 0.153 e. The molecule has 0 bridgehead atoms. The maximum absolute atomic E-state index is 11.5. The highest BCUT2D eigenvalue weighted by molar-refractivity contribution is 7.91. The summed E-state index contributed by atoms with van der Waals surface area (Å²) in [5.74, 6) is 0.549. The molecule has 0 aliphatic carbocycles. The van der Waals surface area contributed by atoms with Crippen LogP contribution in [-0.4, -0.2) is 47.2 Å². The van der Waals surface area contributed by atoms with Crippen LogP contribution in [0, 0.1) is 0 Å². The van der Waals surface area contributed by atoms with E-state index in [-0.39, 0.29) is 17.5 Å². The first-order valence-electron chi connectivity index (χ1n) is 6.37. The zero-order valence-corrected chi connectivity index (χ0v) is 12.1. The van der Waals surface area contributed by atoms with Crippen molar-refractivity contribution in [2.24, 2.45) is 7.05 Å². The van der Waals surface area contributed by atoms with Crippen LogP contribution in [0.1, 0.15) is 25.1 Å². The summed E-state index contributed by atoms with van der Waals surface area (Å²) in [6, 6.07) is 0.0914. The molecule has 1 fully saturated rings. The van der Waals surface area contributed by atoms with Gasteiger partial charge < -0.3 is 0 Å². The molecule has 1 aliphatic rings. The minimum Gasteiger partial charge on any atom is -0.294 e. The van der Waals surface area contributed by atoms with Gasteiger partial charge in [0.15, 0.2) is 9.84 Å². The molecule has 1 aromatic heterocycles. The molecule has 18 heavy (non-hydrogen) atoms. The largest absolute Gasteiger partial charge is 0.294 e. The monoisotopic (exact) mass is 271 g/mol. The summed E-state index contributed by atoms with van der Waals surface area (Å²) < 4.78 is 24.9. The zero-order valence-electron chi connectivity index (χ0n) is 11.3. The quantitative estimate of drug-likeness (QED) is 0.808. The molecule has 0 spiro atoms. The molecule has 1 aliphatic heterocycles. The molecule has 2 heterocycles. The van der Waals surface area contributed by atoms with Crippen LogP contribution < -0.4 is 0 Å². The Labute approximate surface area is 109 Å². The van der Waals surface area contributed by atoms with Crippen molar-refractivity contribution in [2.75, 3.05) is 18.1 Å². The summed E-state index contributed by atoms with van der Waals surface area (Å²) in [7, 11) is -0.907. The predicted molar refractivity (Wildman–Crippen MR) is 71.1 cm³/mol. The maximum atomic E-state index is 11.5. The van der Waals surface area contributed by atoms with Crippen LogP contribution in [0.2, 0.25) is 0 Å².